The Morgan fingerprint density at radius 3 is 0.616 bits per heavy atom. The molecule has 5 heterocycles. The summed E-state index contributed by atoms with van der Waals surface area (Å²) in [5.74, 6) is 4.45. The molecular weight excluding hydrogens is 1380 g/mol. The molecule has 4 aromatic rings. The van der Waals surface area contributed by atoms with Crippen LogP contribution in [0.15, 0.2) is 94.2 Å². The van der Waals surface area contributed by atoms with Crippen molar-refractivity contribution in [1.29, 1.82) is 0 Å². The van der Waals surface area contributed by atoms with Gasteiger partial charge in [0, 0.05) is 22.5 Å². The van der Waals surface area contributed by atoms with Gasteiger partial charge in [-0.15, -0.1) is 0 Å². The number of nitrogens with zero attached hydrogens (tertiary/aromatic N) is 2. The van der Waals surface area contributed by atoms with Gasteiger partial charge in [0.15, 0.2) is 23.0 Å². The fraction of sp³-hybridized carbons (Fsp3) is 0.706. The van der Waals surface area contributed by atoms with E-state index in [0.717, 1.165) is 179 Å². The molecule has 10 heteroatoms. The highest BCUT2D eigenvalue weighted by Gasteiger charge is 2.27. The largest absolute Gasteiger partial charge is 0.490 e. The number of hydrogen-bond acceptors (Lipinski definition) is 8. The van der Waals surface area contributed by atoms with Crippen molar-refractivity contribution in [3.05, 3.63) is 118 Å². The van der Waals surface area contributed by atoms with Crippen molar-refractivity contribution in [2.24, 2.45) is 9.98 Å². The number of unbranched alkanes of at least 4 members (excludes halogenated alkanes) is 54. The molecule has 0 radical (unpaired) electrons. The average Bonchev–Trinajstić information content (AvgIpc) is 1.58. The maximum absolute atomic E-state index is 7.05. The van der Waals surface area contributed by atoms with Crippen LogP contribution < -0.4 is 28.4 Å². The van der Waals surface area contributed by atoms with E-state index in [1.165, 1.54) is 308 Å². The van der Waals surface area contributed by atoms with Crippen molar-refractivity contribution < 1.29 is 28.4 Å². The molecule has 2 N–H and O–H groups in total. The molecule has 0 amide bonds. The van der Waals surface area contributed by atoms with Crippen molar-refractivity contribution >= 4 is 22.6 Å². The van der Waals surface area contributed by atoms with E-state index < -0.39 is 0 Å². The number of nitrogens with one attached hydrogen (secondary N) is 2. The van der Waals surface area contributed by atoms with E-state index in [0.29, 0.717) is 39.6 Å². The van der Waals surface area contributed by atoms with Crippen molar-refractivity contribution in [1.82, 2.24) is 9.97 Å². The van der Waals surface area contributed by atoms with Gasteiger partial charge in [-0.3, -0.25) is 0 Å². The first kappa shape index (κ1) is 93.3. The maximum Gasteiger partial charge on any atom is 0.203 e. The zero-order chi connectivity index (χ0) is 78.6. The van der Waals surface area contributed by atoms with Crippen LogP contribution in [-0.2, 0) is 0 Å². The number of hydrogen-bond donors (Lipinski definition) is 2. The van der Waals surface area contributed by atoms with Crippen molar-refractivity contribution in [3.8, 4) is 34.5 Å². The molecule has 0 atom stereocenters. The fourth-order valence-corrected chi connectivity index (χ4v) is 16.3. The molecule has 0 spiro atoms. The van der Waals surface area contributed by atoms with Crippen LogP contribution >= 0.6 is 0 Å². The summed E-state index contributed by atoms with van der Waals surface area (Å²) >= 11 is 0. The predicted molar refractivity (Wildman–Crippen MR) is 482 cm³/mol. The molecule has 3 aliphatic heterocycles. The van der Waals surface area contributed by atoms with Gasteiger partial charge in [-0.25, -0.2) is 9.98 Å². The molecule has 628 valence electrons. The van der Waals surface area contributed by atoms with E-state index in [1.807, 2.05) is 0 Å². The van der Waals surface area contributed by atoms with E-state index in [-0.39, 0.29) is 0 Å². The van der Waals surface area contributed by atoms with Gasteiger partial charge in [0.1, 0.15) is 0 Å². The summed E-state index contributed by atoms with van der Waals surface area (Å²) in [6, 6.07) is 17.7. The van der Waals surface area contributed by atoms with Gasteiger partial charge in [-0.05, 0) is 122 Å². The number of aliphatic imine (C=N–C) groups is 2. The third kappa shape index (κ3) is 37.4. The molecule has 0 saturated heterocycles. The summed E-state index contributed by atoms with van der Waals surface area (Å²) in [5, 5.41) is 0. The minimum atomic E-state index is 0.616. The van der Waals surface area contributed by atoms with Gasteiger partial charge < -0.3 is 38.4 Å². The Hall–Kier alpha value is -5.90. The highest BCUT2D eigenvalue weighted by Crippen LogP contribution is 2.46. The Labute approximate surface area is 686 Å². The molecular formula is C102H164N4O6. The van der Waals surface area contributed by atoms with Gasteiger partial charge >= 0.3 is 0 Å². The second-order valence-corrected chi connectivity index (χ2v) is 33.5. The molecule has 0 fully saturated rings. The normalized spacial score (nSPS) is 13.1. The van der Waals surface area contributed by atoms with Gasteiger partial charge in [0.05, 0.1) is 73.8 Å². The van der Waals surface area contributed by atoms with Crippen LogP contribution in [0.5, 0.6) is 34.5 Å². The van der Waals surface area contributed by atoms with Crippen LogP contribution in [0.1, 0.15) is 461 Å². The first-order valence-electron chi connectivity index (χ1n) is 48.0. The highest BCUT2D eigenvalue weighted by atomic mass is 16.5. The van der Waals surface area contributed by atoms with E-state index in [4.69, 9.17) is 38.4 Å². The number of allylic oxidation sites excluding steroid dienone is 4. The lowest BCUT2D eigenvalue weighted by Gasteiger charge is -2.20. The molecule has 2 aromatic heterocycles. The van der Waals surface area contributed by atoms with Crippen molar-refractivity contribution in [2.75, 3.05) is 39.6 Å². The Bertz CT molecular complexity index is 2960. The number of fused-ring (bicyclic) bond motifs is 8. The van der Waals surface area contributed by atoms with Gasteiger partial charge in [-0.1, -0.05) is 388 Å². The van der Waals surface area contributed by atoms with Gasteiger partial charge in [-0.2, -0.15) is 0 Å². The van der Waals surface area contributed by atoms with Crippen LogP contribution in [-0.4, -0.2) is 61.0 Å². The first-order chi connectivity index (χ1) is 55.5. The Morgan fingerprint density at radius 2 is 0.402 bits per heavy atom. The van der Waals surface area contributed by atoms with E-state index in [9.17, 15) is 0 Å². The van der Waals surface area contributed by atoms with E-state index >= 15 is 0 Å². The van der Waals surface area contributed by atoms with Crippen molar-refractivity contribution in [3.63, 3.8) is 0 Å². The molecule has 8 bridgehead atoms. The fourth-order valence-electron chi connectivity index (χ4n) is 16.3. The quantitative estimate of drug-likeness (QED) is 0.0426. The second kappa shape index (κ2) is 61.5. The number of H-pyrrole nitrogens is 2. The number of aromatic amines is 2. The molecule has 10 nitrogen and oxygen atoms in total. The molecule has 2 aromatic carbocycles. The average molecular weight is 1540 g/mol. The topological polar surface area (TPSA) is 112 Å². The Balaban J connectivity index is 1.22. The van der Waals surface area contributed by atoms with Crippen LogP contribution in [0, 0.1) is 0 Å². The summed E-state index contributed by atoms with van der Waals surface area (Å²) in [6.45, 7) is 17.5. The summed E-state index contributed by atoms with van der Waals surface area (Å²) in [4.78, 5) is 19.0. The first-order valence-corrected chi connectivity index (χ1v) is 48.0. The summed E-state index contributed by atoms with van der Waals surface area (Å²) < 4.78 is 42.2. The second-order valence-electron chi connectivity index (χ2n) is 33.5. The molecule has 0 unspecified atom stereocenters. The Morgan fingerprint density at radius 1 is 0.214 bits per heavy atom. The van der Waals surface area contributed by atoms with Crippen LogP contribution in [0.2, 0.25) is 0 Å². The van der Waals surface area contributed by atoms with Crippen molar-refractivity contribution in [2.45, 2.75) is 427 Å². The Kier molecular flexibility index (Phi) is 51.2. The van der Waals surface area contributed by atoms with E-state index in [1.54, 1.807) is 0 Å². The molecule has 3 aliphatic rings. The smallest absolute Gasteiger partial charge is 0.203 e. The van der Waals surface area contributed by atoms with Crippen LogP contribution in [0.3, 0.4) is 0 Å². The maximum atomic E-state index is 7.05. The third-order valence-electron chi connectivity index (χ3n) is 23.4. The zero-order valence-corrected chi connectivity index (χ0v) is 72.9. The lowest BCUT2D eigenvalue weighted by atomic mass is 9.99. The zero-order valence-electron chi connectivity index (χ0n) is 72.9. The third-order valence-corrected chi connectivity index (χ3v) is 23.4. The number of ether oxygens (including phenoxy) is 6. The lowest BCUT2D eigenvalue weighted by molar-refractivity contribution is 0.234. The molecule has 0 aliphatic carbocycles. The monoisotopic (exact) mass is 1540 g/mol. The minimum absolute atomic E-state index is 0.616. The summed E-state index contributed by atoms with van der Waals surface area (Å²) in [6.07, 6.45) is 85.1. The van der Waals surface area contributed by atoms with Gasteiger partial charge in [0.25, 0.3) is 0 Å². The summed E-state index contributed by atoms with van der Waals surface area (Å²) in [7, 11) is 0. The lowest BCUT2D eigenvalue weighted by Crippen LogP contribution is -2.08. The SMILES string of the molecule is CCCCCCCCCCCCOc1cc(C2=C3C=CC(=N3)c3ccc([nH]3)C(c3cc(OCCCCCCCCCCCC)c(OCCCCCCCCCCCC)c(OCCCCCCCCCCCC)c3)=C3C=CC(=N3)c3ccc2[nH]3)cc(OCCCCCCCCCCCC)c1OCCCCCCCCCCCC. The highest BCUT2D eigenvalue weighted by molar-refractivity contribution is 6.13. The molecule has 7 rings (SSSR count). The molecule has 0 saturated carbocycles. The van der Waals surface area contributed by atoms with Gasteiger partial charge in [0.2, 0.25) is 11.5 Å². The predicted octanol–water partition coefficient (Wildman–Crippen LogP) is 32.1. The number of aromatic nitrogens is 2. The standard InChI is InChI=1S/C102H164N4O6/c1-7-13-19-25-31-37-43-49-55-61-75-107-95-81-85(82-96(108-76-62-56-50-44-38-32-26-20-14-8-2)101(95)111-79-65-59-53-47-41-35-29-23-17-11-5)99-91-71-67-87(103-91)89-69-73-93(105-89)100(94-74-70-90(106-94)88-68-72-92(99)104-88)86-83-97(109-77-63-57-51-45-39-33-27-21-15-9-3)102(112-80-66-60-54-48-42-36-30-24-18-12-6)98(84-86)110-78-64-58-52-46-40-34-28-22-16-10-4/h67-74,81-84,103,106H,7-66,75-80H2,1-6H3. The van der Waals surface area contributed by atoms with E-state index in [2.05, 4.69) is 124 Å². The van der Waals surface area contributed by atoms with Crippen LogP contribution in [0.25, 0.3) is 11.1 Å². The number of benzene rings is 2. The number of rotatable bonds is 74. The summed E-state index contributed by atoms with van der Waals surface area (Å²) in [5.41, 5.74) is 11.1. The van der Waals surface area contributed by atoms with Crippen LogP contribution in [0.4, 0.5) is 0 Å². The minimum Gasteiger partial charge on any atom is -0.490 e. The molecule has 112 heavy (non-hydrogen) atoms.